The van der Waals surface area contributed by atoms with Gasteiger partial charge in [0.2, 0.25) is 0 Å². The van der Waals surface area contributed by atoms with Crippen LogP contribution in [0.15, 0.2) is 12.3 Å². The Morgan fingerprint density at radius 2 is 2.26 bits per heavy atom. The molecule has 1 aliphatic rings. The van der Waals surface area contributed by atoms with Crippen LogP contribution in [0.2, 0.25) is 0 Å². The number of hydrogen-bond acceptors (Lipinski definition) is 3. The predicted molar refractivity (Wildman–Crippen MR) is 78.9 cm³/mol. The van der Waals surface area contributed by atoms with Crippen molar-refractivity contribution in [3.63, 3.8) is 0 Å². The smallest absolute Gasteiger partial charge is 0.0764 e. The summed E-state index contributed by atoms with van der Waals surface area (Å²) in [6, 6.07) is 3.40. The van der Waals surface area contributed by atoms with Crippen molar-refractivity contribution in [3.8, 4) is 0 Å². The Bertz CT molecular complexity index is 387. The molecule has 4 nitrogen and oxygen atoms in total. The third kappa shape index (κ3) is 3.57. The fourth-order valence-electron chi connectivity index (χ4n) is 2.94. The Kier molecular flexibility index (Phi) is 4.99. The van der Waals surface area contributed by atoms with Crippen molar-refractivity contribution in [3.05, 3.63) is 18.0 Å². The van der Waals surface area contributed by atoms with Crippen molar-refractivity contribution in [2.45, 2.75) is 52.2 Å². The van der Waals surface area contributed by atoms with Crippen molar-refractivity contribution in [2.75, 3.05) is 13.1 Å². The topological polar surface area (TPSA) is 33.1 Å². The summed E-state index contributed by atoms with van der Waals surface area (Å²) >= 11 is 0. The Morgan fingerprint density at radius 3 is 2.84 bits per heavy atom. The van der Waals surface area contributed by atoms with E-state index >= 15 is 0 Å². The van der Waals surface area contributed by atoms with Crippen molar-refractivity contribution >= 4 is 0 Å². The van der Waals surface area contributed by atoms with Crippen LogP contribution in [0.25, 0.3) is 0 Å². The van der Waals surface area contributed by atoms with E-state index in [1.165, 1.54) is 18.5 Å². The van der Waals surface area contributed by atoms with Crippen molar-refractivity contribution in [1.82, 2.24) is 20.0 Å². The van der Waals surface area contributed by atoms with Gasteiger partial charge in [0.15, 0.2) is 0 Å². The van der Waals surface area contributed by atoms with E-state index in [0.29, 0.717) is 12.1 Å². The lowest BCUT2D eigenvalue weighted by atomic mass is 9.94. The molecule has 1 aliphatic heterocycles. The zero-order chi connectivity index (χ0) is 13.8. The molecule has 1 aromatic rings. The highest BCUT2D eigenvalue weighted by molar-refractivity contribution is 5.01. The summed E-state index contributed by atoms with van der Waals surface area (Å²) in [4.78, 5) is 2.63. The number of aromatic nitrogens is 2. The monoisotopic (exact) mass is 264 g/mol. The van der Waals surface area contributed by atoms with Gasteiger partial charge in [-0.1, -0.05) is 27.2 Å². The molecule has 1 saturated heterocycles. The maximum atomic E-state index is 4.53. The second-order valence-electron chi connectivity index (χ2n) is 5.88. The number of aryl methyl sites for hydroxylation is 1. The number of rotatable bonds is 5. The minimum absolute atomic E-state index is 0.629. The summed E-state index contributed by atoms with van der Waals surface area (Å²) in [5.74, 6) is 0.731. The molecule has 1 fully saturated rings. The first-order chi connectivity index (χ1) is 9.13. The van der Waals surface area contributed by atoms with Gasteiger partial charge >= 0.3 is 0 Å². The van der Waals surface area contributed by atoms with Crippen LogP contribution in [-0.2, 0) is 13.6 Å². The molecule has 3 unspecified atom stereocenters. The average molecular weight is 264 g/mol. The van der Waals surface area contributed by atoms with Gasteiger partial charge in [0.1, 0.15) is 0 Å². The highest BCUT2D eigenvalue weighted by Crippen LogP contribution is 2.20. The molecule has 19 heavy (non-hydrogen) atoms. The maximum absolute atomic E-state index is 4.53. The van der Waals surface area contributed by atoms with Gasteiger partial charge in [-0.2, -0.15) is 5.10 Å². The third-order valence-corrected chi connectivity index (χ3v) is 4.47. The second kappa shape index (κ2) is 6.53. The van der Waals surface area contributed by atoms with E-state index in [0.717, 1.165) is 25.6 Å². The molecule has 0 amide bonds. The summed E-state index contributed by atoms with van der Waals surface area (Å²) in [5.41, 5.74) is 1.19. The fraction of sp³-hybridized carbons (Fsp3) is 0.800. The minimum Gasteiger partial charge on any atom is -0.311 e. The number of piperazine rings is 1. The van der Waals surface area contributed by atoms with Gasteiger partial charge in [-0.15, -0.1) is 0 Å². The van der Waals surface area contributed by atoms with Crippen LogP contribution in [0.1, 0.15) is 39.3 Å². The number of hydrogen-bond donors (Lipinski definition) is 1. The van der Waals surface area contributed by atoms with Crippen LogP contribution in [0.3, 0.4) is 0 Å². The number of nitrogens with zero attached hydrogens (tertiary/aromatic N) is 3. The molecule has 0 aromatic carbocycles. The average Bonchev–Trinajstić information content (AvgIpc) is 2.83. The van der Waals surface area contributed by atoms with Crippen LogP contribution < -0.4 is 5.32 Å². The van der Waals surface area contributed by atoms with Crippen molar-refractivity contribution in [1.29, 1.82) is 0 Å². The van der Waals surface area contributed by atoms with E-state index in [9.17, 15) is 0 Å². The molecule has 1 N–H and O–H groups in total. The molecule has 0 aliphatic carbocycles. The molecule has 3 atom stereocenters. The van der Waals surface area contributed by atoms with Crippen LogP contribution >= 0.6 is 0 Å². The van der Waals surface area contributed by atoms with Crippen LogP contribution in [-0.4, -0.2) is 39.9 Å². The van der Waals surface area contributed by atoms with Gasteiger partial charge in [0.05, 0.1) is 5.69 Å². The molecule has 0 radical (unpaired) electrons. The normalized spacial score (nSPS) is 26.5. The van der Waals surface area contributed by atoms with E-state index < -0.39 is 0 Å². The molecule has 4 heteroatoms. The molecular weight excluding hydrogens is 236 g/mol. The molecule has 2 rings (SSSR count). The number of nitrogens with one attached hydrogen (secondary N) is 1. The Balaban J connectivity index is 2.06. The molecular formula is C15H28N4. The van der Waals surface area contributed by atoms with E-state index in [-0.39, 0.29) is 0 Å². The predicted octanol–water partition coefficient (Wildman–Crippen LogP) is 2.02. The van der Waals surface area contributed by atoms with Gasteiger partial charge in [0.25, 0.3) is 0 Å². The lowest BCUT2D eigenvalue weighted by Gasteiger charge is -2.42. The SMILES string of the molecule is CCC1CN(Cc2ccn(C)n2)C(C(C)CC)CN1. The first kappa shape index (κ1) is 14.5. The van der Waals surface area contributed by atoms with Gasteiger partial charge in [-0.05, 0) is 18.4 Å². The van der Waals surface area contributed by atoms with E-state index in [1.807, 2.05) is 17.9 Å². The van der Waals surface area contributed by atoms with Gasteiger partial charge in [0, 0.05) is 45.0 Å². The van der Waals surface area contributed by atoms with Gasteiger partial charge < -0.3 is 5.32 Å². The second-order valence-corrected chi connectivity index (χ2v) is 5.88. The van der Waals surface area contributed by atoms with Crippen molar-refractivity contribution < 1.29 is 0 Å². The molecule has 0 bridgehead atoms. The zero-order valence-corrected chi connectivity index (χ0v) is 12.8. The highest BCUT2D eigenvalue weighted by Gasteiger charge is 2.30. The lowest BCUT2D eigenvalue weighted by Crippen LogP contribution is -2.57. The quantitative estimate of drug-likeness (QED) is 0.883. The van der Waals surface area contributed by atoms with Crippen LogP contribution in [0.5, 0.6) is 0 Å². The summed E-state index contributed by atoms with van der Waals surface area (Å²) in [7, 11) is 1.99. The van der Waals surface area contributed by atoms with Gasteiger partial charge in [-0.3, -0.25) is 9.58 Å². The molecule has 1 aromatic heterocycles. The van der Waals surface area contributed by atoms with E-state index in [4.69, 9.17) is 0 Å². The summed E-state index contributed by atoms with van der Waals surface area (Å²) < 4.78 is 1.90. The molecule has 2 heterocycles. The summed E-state index contributed by atoms with van der Waals surface area (Å²) in [6.07, 6.45) is 4.47. The molecule has 108 valence electrons. The first-order valence-corrected chi connectivity index (χ1v) is 7.60. The Labute approximate surface area is 117 Å². The standard InChI is InChI=1S/C15H28N4/c1-5-12(3)15-9-16-13(6-2)10-19(15)11-14-7-8-18(4)17-14/h7-8,12-13,15-16H,5-6,9-11H2,1-4H3. The summed E-state index contributed by atoms with van der Waals surface area (Å²) in [6.45, 7) is 10.1. The third-order valence-electron chi connectivity index (χ3n) is 4.47. The Morgan fingerprint density at radius 1 is 1.47 bits per heavy atom. The van der Waals surface area contributed by atoms with Crippen molar-refractivity contribution in [2.24, 2.45) is 13.0 Å². The fourth-order valence-corrected chi connectivity index (χ4v) is 2.94. The Hall–Kier alpha value is -0.870. The maximum Gasteiger partial charge on any atom is 0.0764 e. The zero-order valence-electron chi connectivity index (χ0n) is 12.8. The van der Waals surface area contributed by atoms with Gasteiger partial charge in [-0.25, -0.2) is 0 Å². The van der Waals surface area contributed by atoms with Crippen LogP contribution in [0.4, 0.5) is 0 Å². The highest BCUT2D eigenvalue weighted by atomic mass is 15.3. The first-order valence-electron chi connectivity index (χ1n) is 7.60. The molecule has 0 spiro atoms. The largest absolute Gasteiger partial charge is 0.311 e. The lowest BCUT2D eigenvalue weighted by molar-refractivity contribution is 0.0819. The van der Waals surface area contributed by atoms with Crippen LogP contribution in [0, 0.1) is 5.92 Å². The summed E-state index contributed by atoms with van der Waals surface area (Å²) in [5, 5.41) is 8.22. The van der Waals surface area contributed by atoms with E-state index in [1.54, 1.807) is 0 Å². The molecule has 0 saturated carbocycles. The minimum atomic E-state index is 0.629. The van der Waals surface area contributed by atoms with E-state index in [2.05, 4.69) is 42.2 Å².